The number of hydrogen-bond acceptors (Lipinski definition) is 5. The van der Waals surface area contributed by atoms with E-state index in [1.54, 1.807) is 36.4 Å². The first-order chi connectivity index (χ1) is 16.4. The topological polar surface area (TPSA) is 88.8 Å². The van der Waals surface area contributed by atoms with Crippen LogP contribution >= 0.6 is 15.9 Å². The molecule has 5 rings (SSSR count). The van der Waals surface area contributed by atoms with E-state index in [1.165, 1.54) is 6.07 Å². The lowest BCUT2D eigenvalue weighted by molar-refractivity contribution is -0.137. The van der Waals surface area contributed by atoms with Gasteiger partial charge < -0.3 is 19.3 Å². The summed E-state index contributed by atoms with van der Waals surface area (Å²) in [5.41, 5.74) is 2.38. The van der Waals surface area contributed by atoms with E-state index in [1.807, 2.05) is 6.07 Å². The van der Waals surface area contributed by atoms with Crippen LogP contribution in [0, 0.1) is 17.1 Å². The first-order valence-corrected chi connectivity index (χ1v) is 11.6. The highest BCUT2D eigenvalue weighted by atomic mass is 79.9. The fraction of sp³-hybridized carbons (Fsp3) is 0.231. The van der Waals surface area contributed by atoms with Crippen LogP contribution in [0.15, 0.2) is 53.0 Å². The normalized spacial score (nSPS) is 17.9. The molecule has 172 valence electrons. The zero-order valence-corrected chi connectivity index (χ0v) is 19.5. The number of halogens is 2. The van der Waals surface area contributed by atoms with Crippen molar-refractivity contribution in [1.29, 1.82) is 5.26 Å². The second-order valence-electron chi connectivity index (χ2n) is 8.24. The van der Waals surface area contributed by atoms with Gasteiger partial charge >= 0.3 is 5.97 Å². The molecule has 34 heavy (non-hydrogen) atoms. The summed E-state index contributed by atoms with van der Waals surface area (Å²) in [7, 11) is 0. The highest BCUT2D eigenvalue weighted by Gasteiger charge is 2.32. The predicted octanol–water partition coefficient (Wildman–Crippen LogP) is 6.27. The third-order valence-corrected chi connectivity index (χ3v) is 6.58. The molecule has 1 aliphatic carbocycles. The van der Waals surface area contributed by atoms with Crippen molar-refractivity contribution in [3.63, 3.8) is 0 Å². The van der Waals surface area contributed by atoms with Crippen molar-refractivity contribution in [3.05, 3.63) is 81.1 Å². The molecule has 2 aliphatic rings. The van der Waals surface area contributed by atoms with Crippen LogP contribution in [-0.2, 0) is 11.2 Å². The lowest BCUT2D eigenvalue weighted by Gasteiger charge is -2.17. The van der Waals surface area contributed by atoms with E-state index in [0.29, 0.717) is 59.1 Å². The molecule has 2 atom stereocenters. The van der Waals surface area contributed by atoms with Crippen molar-refractivity contribution in [2.45, 2.75) is 31.3 Å². The Bertz CT molecular complexity index is 1340. The van der Waals surface area contributed by atoms with Gasteiger partial charge in [-0.3, -0.25) is 4.79 Å². The molecular formula is C26H19BrFNO5. The average molecular weight is 524 g/mol. The number of benzene rings is 3. The van der Waals surface area contributed by atoms with Crippen LogP contribution in [0.5, 0.6) is 23.0 Å². The number of rotatable bonds is 6. The molecule has 0 saturated heterocycles. The second-order valence-corrected chi connectivity index (χ2v) is 9.16. The third kappa shape index (κ3) is 4.19. The minimum absolute atomic E-state index is 0.00267. The van der Waals surface area contributed by atoms with E-state index in [0.717, 1.165) is 10.0 Å². The standard InChI is InChI=1S/C26H19BrFNO5/c27-16-2-1-14(12-29)23(10-16)34-21-8-6-20(28)26-19(21)5-7-22(26)33-17-3-4-18-15(9-25(30)31)13-32-24(18)11-17/h1-4,6,8,10-11,15,22H,5,7,9,13H2,(H,30,31)/t15?,22-/m1/s1. The maximum atomic E-state index is 14.9. The van der Waals surface area contributed by atoms with Gasteiger partial charge in [0.1, 0.15) is 41.0 Å². The summed E-state index contributed by atoms with van der Waals surface area (Å²) in [6, 6.07) is 15.5. The monoisotopic (exact) mass is 523 g/mol. The lowest BCUT2D eigenvalue weighted by Crippen LogP contribution is -2.07. The molecule has 0 amide bonds. The molecule has 1 unspecified atom stereocenters. The van der Waals surface area contributed by atoms with Crippen LogP contribution < -0.4 is 14.2 Å². The van der Waals surface area contributed by atoms with Crippen molar-refractivity contribution in [2.24, 2.45) is 0 Å². The van der Waals surface area contributed by atoms with Gasteiger partial charge in [-0.15, -0.1) is 0 Å². The largest absolute Gasteiger partial charge is 0.492 e. The van der Waals surface area contributed by atoms with Crippen molar-refractivity contribution in [1.82, 2.24) is 0 Å². The summed E-state index contributed by atoms with van der Waals surface area (Å²) in [6.45, 7) is 0.312. The highest BCUT2D eigenvalue weighted by Crippen LogP contribution is 2.44. The Morgan fingerprint density at radius 3 is 2.85 bits per heavy atom. The molecule has 3 aromatic carbocycles. The summed E-state index contributed by atoms with van der Waals surface area (Å²) in [5.74, 6) is 0.561. The molecule has 0 spiro atoms. The molecule has 3 aromatic rings. The number of nitrogens with zero attached hydrogens (tertiary/aromatic N) is 1. The van der Waals surface area contributed by atoms with Gasteiger partial charge in [0.25, 0.3) is 0 Å². The van der Waals surface area contributed by atoms with Crippen LogP contribution in [0.3, 0.4) is 0 Å². The summed E-state index contributed by atoms with van der Waals surface area (Å²) >= 11 is 3.39. The minimum Gasteiger partial charge on any atom is -0.492 e. The third-order valence-electron chi connectivity index (χ3n) is 6.09. The number of nitriles is 1. The fourth-order valence-corrected chi connectivity index (χ4v) is 4.86. The molecular weight excluding hydrogens is 505 g/mol. The molecule has 1 heterocycles. The van der Waals surface area contributed by atoms with E-state index >= 15 is 0 Å². The van der Waals surface area contributed by atoms with E-state index in [4.69, 9.17) is 19.3 Å². The Morgan fingerprint density at radius 1 is 1.21 bits per heavy atom. The molecule has 0 radical (unpaired) electrons. The van der Waals surface area contributed by atoms with Crippen molar-refractivity contribution in [3.8, 4) is 29.1 Å². The van der Waals surface area contributed by atoms with E-state index in [-0.39, 0.29) is 18.2 Å². The minimum atomic E-state index is -0.873. The zero-order valence-electron chi connectivity index (χ0n) is 17.9. The van der Waals surface area contributed by atoms with E-state index < -0.39 is 12.1 Å². The van der Waals surface area contributed by atoms with Gasteiger partial charge in [-0.1, -0.05) is 22.0 Å². The van der Waals surface area contributed by atoms with Crippen LogP contribution in [0.1, 0.15) is 47.1 Å². The zero-order chi connectivity index (χ0) is 23.8. The maximum absolute atomic E-state index is 14.9. The smallest absolute Gasteiger partial charge is 0.304 e. The number of ether oxygens (including phenoxy) is 3. The second kappa shape index (κ2) is 8.99. The summed E-state index contributed by atoms with van der Waals surface area (Å²) < 4.78 is 33.5. The number of fused-ring (bicyclic) bond motifs is 2. The van der Waals surface area contributed by atoms with Gasteiger partial charge in [-0.25, -0.2) is 4.39 Å². The number of aliphatic carboxylic acids is 1. The van der Waals surface area contributed by atoms with Gasteiger partial charge in [-0.05, 0) is 49.2 Å². The summed E-state index contributed by atoms with van der Waals surface area (Å²) in [6.07, 6.45) is 0.620. The Kier molecular flexibility index (Phi) is 5.88. The molecule has 0 fully saturated rings. The van der Waals surface area contributed by atoms with Gasteiger partial charge in [-0.2, -0.15) is 5.26 Å². The fourth-order valence-electron chi connectivity index (χ4n) is 4.52. The maximum Gasteiger partial charge on any atom is 0.304 e. The van der Waals surface area contributed by atoms with Crippen LogP contribution in [0.4, 0.5) is 4.39 Å². The van der Waals surface area contributed by atoms with Gasteiger partial charge in [0.05, 0.1) is 18.6 Å². The summed E-state index contributed by atoms with van der Waals surface area (Å²) in [4.78, 5) is 11.1. The first kappa shape index (κ1) is 22.2. The molecule has 1 aliphatic heterocycles. The Morgan fingerprint density at radius 2 is 2.06 bits per heavy atom. The SMILES string of the molecule is N#Cc1ccc(Br)cc1Oc1ccc(F)c2c1CC[C@H]2Oc1ccc2c(c1)OCC2CC(=O)O. The number of carboxylic acids is 1. The number of hydrogen-bond donors (Lipinski definition) is 1. The molecule has 8 heteroatoms. The molecule has 6 nitrogen and oxygen atoms in total. The first-order valence-electron chi connectivity index (χ1n) is 10.8. The van der Waals surface area contributed by atoms with E-state index in [2.05, 4.69) is 22.0 Å². The van der Waals surface area contributed by atoms with Crippen LogP contribution in [-0.4, -0.2) is 17.7 Å². The van der Waals surface area contributed by atoms with Gasteiger partial charge in [0.2, 0.25) is 0 Å². The molecule has 0 saturated carbocycles. The van der Waals surface area contributed by atoms with Gasteiger partial charge in [0, 0.05) is 33.1 Å². The van der Waals surface area contributed by atoms with E-state index in [9.17, 15) is 14.4 Å². The van der Waals surface area contributed by atoms with Gasteiger partial charge in [0.15, 0.2) is 0 Å². The van der Waals surface area contributed by atoms with Crippen LogP contribution in [0.2, 0.25) is 0 Å². The average Bonchev–Trinajstić information content (AvgIpc) is 3.40. The lowest BCUT2D eigenvalue weighted by atomic mass is 9.98. The molecule has 0 aromatic heterocycles. The predicted molar refractivity (Wildman–Crippen MR) is 124 cm³/mol. The Labute approximate surface area is 203 Å². The van der Waals surface area contributed by atoms with Crippen molar-refractivity contribution in [2.75, 3.05) is 6.61 Å². The molecule has 1 N–H and O–H groups in total. The van der Waals surface area contributed by atoms with Crippen molar-refractivity contribution >= 4 is 21.9 Å². The van der Waals surface area contributed by atoms with Crippen LogP contribution in [0.25, 0.3) is 0 Å². The quantitative estimate of drug-likeness (QED) is 0.409. The Hall–Kier alpha value is -3.57. The number of carbonyl (C=O) groups is 1. The highest BCUT2D eigenvalue weighted by molar-refractivity contribution is 9.10. The Balaban J connectivity index is 1.40. The number of carboxylic acid groups (broad SMARTS) is 1. The molecule has 0 bridgehead atoms. The summed E-state index contributed by atoms with van der Waals surface area (Å²) in [5, 5.41) is 18.5. The van der Waals surface area contributed by atoms with Crippen molar-refractivity contribution < 1.29 is 28.5 Å².